The largest absolute Gasteiger partial charge is 0.397 e. The minimum atomic E-state index is 0.179. The third-order valence-electron chi connectivity index (χ3n) is 3.58. The van der Waals surface area contributed by atoms with Gasteiger partial charge < -0.3 is 5.73 Å². The summed E-state index contributed by atoms with van der Waals surface area (Å²) >= 11 is 0. The van der Waals surface area contributed by atoms with Crippen LogP contribution in [0, 0.1) is 5.92 Å². The molecule has 4 heteroatoms. The summed E-state index contributed by atoms with van der Waals surface area (Å²) in [4.78, 5) is 18.5. The lowest BCUT2D eigenvalue weighted by Crippen LogP contribution is -2.37. The van der Waals surface area contributed by atoms with Crippen molar-refractivity contribution < 1.29 is 4.79 Å². The van der Waals surface area contributed by atoms with Crippen LogP contribution in [0.25, 0.3) is 0 Å². The molecular weight excluding hydrogens is 226 g/mol. The van der Waals surface area contributed by atoms with Crippen LogP contribution in [-0.2, 0) is 4.79 Å². The van der Waals surface area contributed by atoms with Crippen molar-refractivity contribution in [1.82, 2.24) is 4.98 Å². The maximum absolute atomic E-state index is 12.5. The van der Waals surface area contributed by atoms with Gasteiger partial charge in [-0.15, -0.1) is 0 Å². The molecule has 1 saturated carbocycles. The number of hydrogen-bond donors (Lipinski definition) is 1. The quantitative estimate of drug-likeness (QED) is 0.893. The van der Waals surface area contributed by atoms with E-state index in [1.54, 1.807) is 17.2 Å². The van der Waals surface area contributed by atoms with Crippen LogP contribution in [0.2, 0.25) is 0 Å². The van der Waals surface area contributed by atoms with Gasteiger partial charge in [-0.3, -0.25) is 9.69 Å². The lowest BCUT2D eigenvalue weighted by atomic mass is 9.88. The number of nitrogens with two attached hydrogens (primary N) is 1. The highest BCUT2D eigenvalue weighted by Crippen LogP contribution is 2.27. The van der Waals surface area contributed by atoms with E-state index in [0.29, 0.717) is 18.1 Å². The van der Waals surface area contributed by atoms with E-state index in [2.05, 4.69) is 4.98 Å². The van der Waals surface area contributed by atoms with E-state index in [9.17, 15) is 4.79 Å². The van der Waals surface area contributed by atoms with Gasteiger partial charge in [0.15, 0.2) is 0 Å². The van der Waals surface area contributed by atoms with E-state index in [0.717, 1.165) is 12.8 Å². The second-order valence-electron chi connectivity index (χ2n) is 4.87. The van der Waals surface area contributed by atoms with Crippen molar-refractivity contribution in [1.29, 1.82) is 0 Å². The Kier molecular flexibility index (Phi) is 4.18. The van der Waals surface area contributed by atoms with Crippen LogP contribution in [0.4, 0.5) is 11.5 Å². The van der Waals surface area contributed by atoms with Gasteiger partial charge >= 0.3 is 0 Å². The van der Waals surface area contributed by atoms with Crippen molar-refractivity contribution in [3.05, 3.63) is 18.3 Å². The van der Waals surface area contributed by atoms with Gasteiger partial charge in [0.1, 0.15) is 5.82 Å². The van der Waals surface area contributed by atoms with Crippen LogP contribution < -0.4 is 10.6 Å². The van der Waals surface area contributed by atoms with Gasteiger partial charge in [0.05, 0.1) is 11.9 Å². The third kappa shape index (κ3) is 2.81. The fraction of sp³-hybridized carbons (Fsp3) is 0.571. The Balaban J connectivity index is 2.12. The summed E-state index contributed by atoms with van der Waals surface area (Å²) in [7, 11) is 0. The molecule has 0 aromatic carbocycles. The van der Waals surface area contributed by atoms with Crippen LogP contribution in [0.5, 0.6) is 0 Å². The SMILES string of the molecule is CCN(C(=O)C1CCCCC1)c1ccc(N)cn1. The van der Waals surface area contributed by atoms with E-state index in [4.69, 9.17) is 5.73 Å². The van der Waals surface area contributed by atoms with Crippen molar-refractivity contribution in [3.8, 4) is 0 Å². The number of aromatic nitrogens is 1. The Labute approximate surface area is 108 Å². The first-order valence-electron chi connectivity index (χ1n) is 6.75. The van der Waals surface area contributed by atoms with Gasteiger partial charge in [0, 0.05) is 12.5 Å². The molecule has 0 aliphatic heterocycles. The lowest BCUT2D eigenvalue weighted by Gasteiger charge is -2.27. The Morgan fingerprint density at radius 2 is 2.11 bits per heavy atom. The standard InChI is InChI=1S/C14H21N3O/c1-2-17(13-9-8-12(15)10-16-13)14(18)11-6-4-3-5-7-11/h8-11H,2-7,15H2,1H3. The summed E-state index contributed by atoms with van der Waals surface area (Å²) in [5.74, 6) is 1.11. The Hall–Kier alpha value is -1.58. The summed E-state index contributed by atoms with van der Waals surface area (Å²) < 4.78 is 0. The van der Waals surface area contributed by atoms with Crippen molar-refractivity contribution in [2.75, 3.05) is 17.2 Å². The average Bonchev–Trinajstić information content (AvgIpc) is 2.42. The highest BCUT2D eigenvalue weighted by atomic mass is 16.2. The van der Waals surface area contributed by atoms with Crippen LogP contribution in [0.3, 0.4) is 0 Å². The Morgan fingerprint density at radius 1 is 1.39 bits per heavy atom. The molecule has 0 saturated heterocycles. The maximum atomic E-state index is 12.5. The van der Waals surface area contributed by atoms with Gasteiger partial charge in [-0.05, 0) is 31.9 Å². The average molecular weight is 247 g/mol. The zero-order valence-electron chi connectivity index (χ0n) is 10.9. The smallest absolute Gasteiger partial charge is 0.231 e. The topological polar surface area (TPSA) is 59.2 Å². The first-order valence-corrected chi connectivity index (χ1v) is 6.75. The molecule has 2 rings (SSSR count). The molecule has 1 aromatic rings. The van der Waals surface area contributed by atoms with Gasteiger partial charge in [-0.1, -0.05) is 19.3 Å². The number of amides is 1. The molecule has 4 nitrogen and oxygen atoms in total. The van der Waals surface area contributed by atoms with E-state index in [-0.39, 0.29) is 11.8 Å². The molecule has 1 aliphatic rings. The summed E-state index contributed by atoms with van der Waals surface area (Å²) in [5.41, 5.74) is 6.25. The van der Waals surface area contributed by atoms with Crippen LogP contribution in [-0.4, -0.2) is 17.4 Å². The summed E-state index contributed by atoms with van der Waals surface area (Å²) in [6, 6.07) is 3.61. The van der Waals surface area contributed by atoms with Crippen molar-refractivity contribution >= 4 is 17.4 Å². The highest BCUT2D eigenvalue weighted by molar-refractivity contribution is 5.94. The molecule has 0 atom stereocenters. The monoisotopic (exact) mass is 247 g/mol. The van der Waals surface area contributed by atoms with E-state index in [1.807, 2.05) is 13.0 Å². The number of carbonyl (C=O) groups excluding carboxylic acids is 1. The van der Waals surface area contributed by atoms with E-state index in [1.165, 1.54) is 19.3 Å². The normalized spacial score (nSPS) is 16.5. The molecule has 1 aliphatic carbocycles. The summed E-state index contributed by atoms with van der Waals surface area (Å²) in [6.07, 6.45) is 7.24. The van der Waals surface area contributed by atoms with Crippen LogP contribution >= 0.6 is 0 Å². The van der Waals surface area contributed by atoms with Crippen molar-refractivity contribution in [2.45, 2.75) is 39.0 Å². The summed E-state index contributed by atoms with van der Waals surface area (Å²) in [6.45, 7) is 2.64. The molecule has 0 bridgehead atoms. The molecule has 1 aromatic heterocycles. The molecule has 0 radical (unpaired) electrons. The number of anilines is 2. The number of nitrogens with zero attached hydrogens (tertiary/aromatic N) is 2. The zero-order valence-corrected chi connectivity index (χ0v) is 10.9. The minimum Gasteiger partial charge on any atom is -0.397 e. The number of nitrogen functional groups attached to an aromatic ring is 1. The van der Waals surface area contributed by atoms with Crippen LogP contribution in [0.15, 0.2) is 18.3 Å². The first kappa shape index (κ1) is 12.9. The number of hydrogen-bond acceptors (Lipinski definition) is 3. The third-order valence-corrected chi connectivity index (χ3v) is 3.58. The predicted molar refractivity (Wildman–Crippen MR) is 73.3 cm³/mol. The van der Waals surface area contributed by atoms with Gasteiger partial charge in [0.25, 0.3) is 0 Å². The predicted octanol–water partition coefficient (Wildman–Crippen LogP) is 2.60. The Bertz CT molecular complexity index is 396. The molecule has 0 unspecified atom stereocenters. The molecule has 1 amide bonds. The highest BCUT2D eigenvalue weighted by Gasteiger charge is 2.26. The molecule has 1 fully saturated rings. The second-order valence-corrected chi connectivity index (χ2v) is 4.87. The van der Waals surface area contributed by atoms with Gasteiger partial charge in [-0.2, -0.15) is 0 Å². The number of pyridine rings is 1. The van der Waals surface area contributed by atoms with Crippen molar-refractivity contribution in [2.24, 2.45) is 5.92 Å². The van der Waals surface area contributed by atoms with E-state index >= 15 is 0 Å². The molecular formula is C14H21N3O. The fourth-order valence-electron chi connectivity index (χ4n) is 2.56. The first-order chi connectivity index (χ1) is 8.72. The van der Waals surface area contributed by atoms with E-state index < -0.39 is 0 Å². The van der Waals surface area contributed by atoms with Crippen molar-refractivity contribution in [3.63, 3.8) is 0 Å². The minimum absolute atomic E-state index is 0.179. The van der Waals surface area contributed by atoms with Crippen LogP contribution in [0.1, 0.15) is 39.0 Å². The number of carbonyl (C=O) groups is 1. The molecule has 0 spiro atoms. The molecule has 1 heterocycles. The zero-order chi connectivity index (χ0) is 13.0. The number of rotatable bonds is 3. The van der Waals surface area contributed by atoms with Gasteiger partial charge in [0.2, 0.25) is 5.91 Å². The maximum Gasteiger partial charge on any atom is 0.231 e. The lowest BCUT2D eigenvalue weighted by molar-refractivity contribution is -0.123. The summed E-state index contributed by atoms with van der Waals surface area (Å²) in [5, 5.41) is 0. The Morgan fingerprint density at radius 3 is 2.67 bits per heavy atom. The fourth-order valence-corrected chi connectivity index (χ4v) is 2.56. The molecule has 18 heavy (non-hydrogen) atoms. The second kappa shape index (κ2) is 5.85. The van der Waals surface area contributed by atoms with Gasteiger partial charge in [-0.25, -0.2) is 4.98 Å². The molecule has 98 valence electrons. The molecule has 2 N–H and O–H groups in total.